The molecule has 0 bridgehead atoms. The Hall–Kier alpha value is -0.630. The van der Waals surface area contributed by atoms with Crippen molar-refractivity contribution in [2.24, 2.45) is 0 Å². The predicted octanol–water partition coefficient (Wildman–Crippen LogP) is 2.15. The minimum atomic E-state index is 0.353. The summed E-state index contributed by atoms with van der Waals surface area (Å²) in [6.45, 7) is 5.47. The highest BCUT2D eigenvalue weighted by Gasteiger charge is 2.33. The first kappa shape index (κ1) is 9.91. The van der Waals surface area contributed by atoms with Gasteiger partial charge in [-0.15, -0.1) is 0 Å². The van der Waals surface area contributed by atoms with Gasteiger partial charge in [0.15, 0.2) is 0 Å². The second-order valence-electron chi connectivity index (χ2n) is 4.62. The predicted molar refractivity (Wildman–Crippen MR) is 57.2 cm³/mol. The number of piperidine rings is 1. The molecule has 0 radical (unpaired) electrons. The molecule has 0 N–H and O–H groups in total. The average molecular weight is 193 g/mol. The van der Waals surface area contributed by atoms with E-state index in [2.05, 4.69) is 18.7 Å². The molecule has 0 aliphatic carbocycles. The number of hydrogen-bond acceptors (Lipinski definition) is 2. The second kappa shape index (κ2) is 3.85. The maximum Gasteiger partial charge on any atom is 0.147 e. The molecular weight excluding hydrogens is 174 g/mol. The molecule has 0 aromatic heterocycles. The molecule has 2 atom stereocenters. The van der Waals surface area contributed by atoms with Crippen molar-refractivity contribution >= 4 is 6.29 Å². The third kappa shape index (κ3) is 1.52. The maximum atomic E-state index is 11.0. The molecule has 1 saturated heterocycles. The SMILES string of the molecule is CC1=C(C=O)C(C)N2CCCCC2C1. The molecule has 2 aliphatic rings. The van der Waals surface area contributed by atoms with E-state index in [1.807, 2.05) is 0 Å². The van der Waals surface area contributed by atoms with Crippen molar-refractivity contribution in [2.75, 3.05) is 6.54 Å². The van der Waals surface area contributed by atoms with Gasteiger partial charge in [0.2, 0.25) is 0 Å². The molecule has 2 heteroatoms. The average Bonchev–Trinajstić information content (AvgIpc) is 2.18. The van der Waals surface area contributed by atoms with Crippen LogP contribution in [0, 0.1) is 0 Å². The first-order valence-electron chi connectivity index (χ1n) is 5.64. The number of nitrogens with zero attached hydrogens (tertiary/aromatic N) is 1. The lowest BCUT2D eigenvalue weighted by Crippen LogP contribution is -2.49. The van der Waals surface area contributed by atoms with Gasteiger partial charge in [0.05, 0.1) is 0 Å². The van der Waals surface area contributed by atoms with Crippen molar-refractivity contribution in [3.05, 3.63) is 11.1 Å². The van der Waals surface area contributed by atoms with E-state index in [1.165, 1.54) is 31.4 Å². The molecule has 2 nitrogen and oxygen atoms in total. The monoisotopic (exact) mass is 193 g/mol. The van der Waals surface area contributed by atoms with E-state index in [0.29, 0.717) is 12.1 Å². The van der Waals surface area contributed by atoms with Gasteiger partial charge in [0.25, 0.3) is 0 Å². The summed E-state index contributed by atoms with van der Waals surface area (Å²) in [5.41, 5.74) is 2.35. The minimum absolute atomic E-state index is 0.353. The van der Waals surface area contributed by atoms with Crippen LogP contribution < -0.4 is 0 Å². The number of aldehydes is 1. The van der Waals surface area contributed by atoms with E-state index in [0.717, 1.165) is 18.3 Å². The molecular formula is C12H19NO. The summed E-state index contributed by atoms with van der Waals surface area (Å²) in [7, 11) is 0. The molecule has 78 valence electrons. The normalized spacial score (nSPS) is 34.1. The number of fused-ring (bicyclic) bond motifs is 1. The molecule has 0 spiro atoms. The molecule has 0 aromatic carbocycles. The van der Waals surface area contributed by atoms with Crippen LogP contribution in [-0.4, -0.2) is 29.8 Å². The lowest BCUT2D eigenvalue weighted by molar-refractivity contribution is -0.105. The van der Waals surface area contributed by atoms with Crippen LogP contribution in [0.5, 0.6) is 0 Å². The van der Waals surface area contributed by atoms with Crippen molar-refractivity contribution in [3.8, 4) is 0 Å². The molecule has 0 amide bonds. The zero-order valence-corrected chi connectivity index (χ0v) is 9.12. The van der Waals surface area contributed by atoms with E-state index in [-0.39, 0.29) is 0 Å². The lowest BCUT2D eigenvalue weighted by Gasteiger charge is -2.44. The molecule has 0 aromatic rings. The Morgan fingerprint density at radius 1 is 1.43 bits per heavy atom. The van der Waals surface area contributed by atoms with Crippen molar-refractivity contribution in [1.82, 2.24) is 4.90 Å². The maximum absolute atomic E-state index is 11.0. The van der Waals surface area contributed by atoms with Crippen molar-refractivity contribution in [1.29, 1.82) is 0 Å². The Labute approximate surface area is 86.0 Å². The summed E-state index contributed by atoms with van der Waals surface area (Å²) >= 11 is 0. The number of rotatable bonds is 1. The number of carbonyl (C=O) groups is 1. The zero-order valence-electron chi connectivity index (χ0n) is 9.12. The lowest BCUT2D eigenvalue weighted by atomic mass is 9.85. The van der Waals surface area contributed by atoms with Gasteiger partial charge in [-0.05, 0) is 39.7 Å². The first-order valence-corrected chi connectivity index (χ1v) is 5.64. The third-order valence-electron chi connectivity index (χ3n) is 3.78. The first-order chi connectivity index (χ1) is 6.74. The fraction of sp³-hybridized carbons (Fsp3) is 0.750. The highest BCUT2D eigenvalue weighted by atomic mass is 16.1. The standard InChI is InChI=1S/C12H19NO/c1-9-7-11-5-3-4-6-13(11)10(2)12(9)8-14/h8,10-11H,3-7H2,1-2H3. The van der Waals surface area contributed by atoms with Gasteiger partial charge in [-0.3, -0.25) is 9.69 Å². The topological polar surface area (TPSA) is 20.3 Å². The van der Waals surface area contributed by atoms with Crippen molar-refractivity contribution in [2.45, 2.75) is 51.6 Å². The van der Waals surface area contributed by atoms with Crippen LogP contribution in [0.2, 0.25) is 0 Å². The third-order valence-corrected chi connectivity index (χ3v) is 3.78. The fourth-order valence-corrected chi connectivity index (χ4v) is 2.96. The molecule has 2 aliphatic heterocycles. The van der Waals surface area contributed by atoms with E-state index in [1.54, 1.807) is 0 Å². The van der Waals surface area contributed by atoms with E-state index in [4.69, 9.17) is 0 Å². The number of carbonyl (C=O) groups excluding carboxylic acids is 1. The van der Waals surface area contributed by atoms with E-state index < -0.39 is 0 Å². The van der Waals surface area contributed by atoms with E-state index in [9.17, 15) is 4.79 Å². The molecule has 2 rings (SSSR count). The molecule has 1 fully saturated rings. The fourth-order valence-electron chi connectivity index (χ4n) is 2.96. The summed E-state index contributed by atoms with van der Waals surface area (Å²) < 4.78 is 0. The Bertz CT molecular complexity index is 269. The highest BCUT2D eigenvalue weighted by Crippen LogP contribution is 2.32. The van der Waals surface area contributed by atoms with Crippen LogP contribution in [0.15, 0.2) is 11.1 Å². The van der Waals surface area contributed by atoms with Crippen LogP contribution in [-0.2, 0) is 4.79 Å². The van der Waals surface area contributed by atoms with Crippen LogP contribution in [0.1, 0.15) is 39.5 Å². The van der Waals surface area contributed by atoms with Gasteiger partial charge in [-0.25, -0.2) is 0 Å². The summed E-state index contributed by atoms with van der Waals surface area (Å²) in [5.74, 6) is 0. The summed E-state index contributed by atoms with van der Waals surface area (Å²) in [5, 5.41) is 0. The minimum Gasteiger partial charge on any atom is -0.298 e. The van der Waals surface area contributed by atoms with Gasteiger partial charge < -0.3 is 0 Å². The van der Waals surface area contributed by atoms with Gasteiger partial charge in [0, 0.05) is 17.7 Å². The summed E-state index contributed by atoms with van der Waals surface area (Å²) in [6.07, 6.45) is 6.14. The van der Waals surface area contributed by atoms with Gasteiger partial charge in [-0.1, -0.05) is 12.0 Å². The van der Waals surface area contributed by atoms with Crippen LogP contribution in [0.3, 0.4) is 0 Å². The highest BCUT2D eigenvalue weighted by molar-refractivity contribution is 5.76. The van der Waals surface area contributed by atoms with Gasteiger partial charge in [0.1, 0.15) is 6.29 Å². The molecule has 14 heavy (non-hydrogen) atoms. The largest absolute Gasteiger partial charge is 0.298 e. The van der Waals surface area contributed by atoms with Gasteiger partial charge in [-0.2, -0.15) is 0 Å². The van der Waals surface area contributed by atoms with Gasteiger partial charge >= 0.3 is 0 Å². The smallest absolute Gasteiger partial charge is 0.147 e. The number of hydrogen-bond donors (Lipinski definition) is 0. The Kier molecular flexibility index (Phi) is 2.73. The van der Waals surface area contributed by atoms with Crippen molar-refractivity contribution in [3.63, 3.8) is 0 Å². The molecule has 2 unspecified atom stereocenters. The Morgan fingerprint density at radius 3 is 2.93 bits per heavy atom. The Morgan fingerprint density at radius 2 is 2.21 bits per heavy atom. The summed E-state index contributed by atoms with van der Waals surface area (Å²) in [4.78, 5) is 13.5. The Balaban J connectivity index is 2.25. The molecule has 2 heterocycles. The van der Waals surface area contributed by atoms with Crippen LogP contribution in [0.25, 0.3) is 0 Å². The zero-order chi connectivity index (χ0) is 10.1. The second-order valence-corrected chi connectivity index (χ2v) is 4.62. The van der Waals surface area contributed by atoms with E-state index >= 15 is 0 Å². The summed E-state index contributed by atoms with van der Waals surface area (Å²) in [6, 6.07) is 1.06. The quantitative estimate of drug-likeness (QED) is 0.595. The van der Waals surface area contributed by atoms with Crippen molar-refractivity contribution < 1.29 is 4.79 Å². The van der Waals surface area contributed by atoms with Crippen LogP contribution >= 0.6 is 0 Å². The molecule has 0 saturated carbocycles. The van der Waals surface area contributed by atoms with Crippen LogP contribution in [0.4, 0.5) is 0 Å².